The van der Waals surface area contributed by atoms with E-state index >= 15 is 0 Å². The molecule has 52 heavy (non-hydrogen) atoms. The van der Waals surface area contributed by atoms with E-state index in [-0.39, 0.29) is 54.1 Å². The average Bonchev–Trinajstić information content (AvgIpc) is 3.15. The normalized spacial score (nSPS) is 18.5. The SMILES string of the molecule is C.COc1ccc(C2c3ccc(O)cc3OCC2c2ccc(C)cc2)cc1.Oc1ccc(C2COc3cc(O)ccc3C2c2ccc(O)cc2)cc1. The number of aryl methyl sites for hydroxylation is 1. The lowest BCUT2D eigenvalue weighted by Gasteiger charge is -2.34. The van der Waals surface area contributed by atoms with Gasteiger partial charge in [-0.2, -0.15) is 0 Å². The number of methoxy groups -OCH3 is 1. The van der Waals surface area contributed by atoms with E-state index in [4.69, 9.17) is 14.2 Å². The van der Waals surface area contributed by atoms with Crippen molar-refractivity contribution in [2.24, 2.45) is 0 Å². The van der Waals surface area contributed by atoms with Crippen LogP contribution in [0.5, 0.6) is 40.2 Å². The van der Waals surface area contributed by atoms with Crippen LogP contribution < -0.4 is 14.2 Å². The molecule has 6 aromatic rings. The van der Waals surface area contributed by atoms with Crippen LogP contribution in [0.25, 0.3) is 0 Å². The first-order valence-corrected chi connectivity index (χ1v) is 17.0. The third-order valence-electron chi connectivity index (χ3n) is 9.86. The van der Waals surface area contributed by atoms with Crippen molar-refractivity contribution in [2.75, 3.05) is 20.3 Å². The van der Waals surface area contributed by atoms with Crippen LogP contribution in [0.15, 0.2) is 133 Å². The highest BCUT2D eigenvalue weighted by atomic mass is 16.5. The van der Waals surface area contributed by atoms with E-state index in [2.05, 4.69) is 43.3 Å². The fraction of sp³-hybridized carbons (Fsp3) is 0.200. The van der Waals surface area contributed by atoms with Gasteiger partial charge in [0.2, 0.25) is 0 Å². The summed E-state index contributed by atoms with van der Waals surface area (Å²) in [5.74, 6) is 3.58. The van der Waals surface area contributed by atoms with Crippen molar-refractivity contribution in [1.29, 1.82) is 0 Å². The maximum Gasteiger partial charge on any atom is 0.126 e. The molecule has 2 aliphatic heterocycles. The molecule has 0 aliphatic carbocycles. The zero-order chi connectivity index (χ0) is 35.5. The van der Waals surface area contributed by atoms with E-state index in [1.165, 1.54) is 16.7 Å². The molecule has 0 spiro atoms. The Labute approximate surface area is 305 Å². The first-order valence-electron chi connectivity index (χ1n) is 17.0. The fourth-order valence-corrected chi connectivity index (χ4v) is 7.22. The number of hydrogen-bond donors (Lipinski definition) is 4. The number of phenols is 4. The zero-order valence-corrected chi connectivity index (χ0v) is 28.4. The highest BCUT2D eigenvalue weighted by molar-refractivity contribution is 5.52. The molecule has 2 aliphatic rings. The van der Waals surface area contributed by atoms with Crippen LogP contribution in [-0.2, 0) is 0 Å². The Balaban J connectivity index is 0.000000175. The monoisotopic (exact) mass is 696 g/mol. The molecular formula is C45H44O7. The second kappa shape index (κ2) is 15.4. The summed E-state index contributed by atoms with van der Waals surface area (Å²) in [6.45, 7) is 3.14. The number of benzene rings is 6. The highest BCUT2D eigenvalue weighted by Crippen LogP contribution is 2.48. The van der Waals surface area contributed by atoms with Gasteiger partial charge in [-0.15, -0.1) is 0 Å². The summed E-state index contributed by atoms with van der Waals surface area (Å²) in [4.78, 5) is 0. The third-order valence-corrected chi connectivity index (χ3v) is 9.86. The lowest BCUT2D eigenvalue weighted by Crippen LogP contribution is -2.25. The number of rotatable bonds is 5. The van der Waals surface area contributed by atoms with E-state index in [0.29, 0.717) is 19.0 Å². The highest BCUT2D eigenvalue weighted by Gasteiger charge is 2.35. The second-order valence-electron chi connectivity index (χ2n) is 13.1. The number of hydrogen-bond acceptors (Lipinski definition) is 7. The molecule has 7 nitrogen and oxygen atoms in total. The molecule has 0 saturated carbocycles. The van der Waals surface area contributed by atoms with Gasteiger partial charge in [0.1, 0.15) is 40.2 Å². The standard InChI is InChI=1S/C23H22O3.C21H18O4.CH4/c1-15-3-5-16(6-4-15)21-14-26-22-13-18(24)9-12-20(22)23(21)17-7-10-19(25-2)11-8-17;22-15-5-1-13(2-6-15)19-12-25-20-11-17(24)9-10-18(20)21(19)14-3-7-16(23)8-4-14;/h3-13,21,23-24H,14H2,1-2H3;1-11,19,21-24H,12H2;1H4. The van der Waals surface area contributed by atoms with Crippen LogP contribution in [0.1, 0.15) is 70.0 Å². The van der Waals surface area contributed by atoms with Gasteiger partial charge in [0.05, 0.1) is 20.3 Å². The topological polar surface area (TPSA) is 109 Å². The Hall–Kier alpha value is -6.08. The number of fused-ring (bicyclic) bond motifs is 2. The largest absolute Gasteiger partial charge is 0.508 e. The van der Waals surface area contributed by atoms with Gasteiger partial charge >= 0.3 is 0 Å². The molecule has 0 amide bonds. The molecule has 0 radical (unpaired) electrons. The predicted molar refractivity (Wildman–Crippen MR) is 203 cm³/mol. The molecule has 4 N–H and O–H groups in total. The molecule has 266 valence electrons. The third kappa shape index (κ3) is 7.49. The van der Waals surface area contributed by atoms with Crippen LogP contribution >= 0.6 is 0 Å². The molecule has 7 heteroatoms. The molecule has 8 rings (SSSR count). The predicted octanol–water partition coefficient (Wildman–Crippen LogP) is 9.76. The second-order valence-corrected chi connectivity index (χ2v) is 13.1. The van der Waals surface area contributed by atoms with Crippen molar-refractivity contribution >= 4 is 0 Å². The summed E-state index contributed by atoms with van der Waals surface area (Å²) in [5, 5.41) is 38.8. The Bertz CT molecular complexity index is 2090. The Kier molecular flexibility index (Phi) is 10.6. The molecule has 0 bridgehead atoms. The Morgan fingerprint density at radius 2 is 0.846 bits per heavy atom. The first kappa shape index (κ1) is 35.7. The maximum absolute atomic E-state index is 9.83. The minimum absolute atomic E-state index is 0. The summed E-state index contributed by atoms with van der Waals surface area (Å²) in [7, 11) is 1.68. The molecule has 0 aromatic heterocycles. The minimum Gasteiger partial charge on any atom is -0.508 e. The summed E-state index contributed by atoms with van der Waals surface area (Å²) in [5.41, 5.74) is 7.94. The van der Waals surface area contributed by atoms with Gasteiger partial charge < -0.3 is 34.6 Å². The molecule has 2 heterocycles. The van der Waals surface area contributed by atoms with Crippen LogP contribution in [0.2, 0.25) is 0 Å². The zero-order valence-electron chi connectivity index (χ0n) is 28.4. The Morgan fingerprint density at radius 1 is 0.481 bits per heavy atom. The van der Waals surface area contributed by atoms with Gasteiger partial charge in [-0.1, -0.05) is 85.8 Å². The quantitative estimate of drug-likeness (QED) is 0.142. The molecular weight excluding hydrogens is 652 g/mol. The van der Waals surface area contributed by atoms with Crippen molar-refractivity contribution in [2.45, 2.75) is 38.0 Å². The van der Waals surface area contributed by atoms with Gasteiger partial charge in [0, 0.05) is 46.9 Å². The van der Waals surface area contributed by atoms with E-state index < -0.39 is 0 Å². The minimum atomic E-state index is 0. The molecule has 4 unspecified atom stereocenters. The summed E-state index contributed by atoms with van der Waals surface area (Å²) in [6, 6.07) is 41.8. The van der Waals surface area contributed by atoms with E-state index in [9.17, 15) is 20.4 Å². The van der Waals surface area contributed by atoms with Crippen LogP contribution in [0, 0.1) is 6.92 Å². The van der Waals surface area contributed by atoms with Crippen LogP contribution in [0.3, 0.4) is 0 Å². The molecule has 4 atom stereocenters. The van der Waals surface area contributed by atoms with Crippen LogP contribution in [0.4, 0.5) is 0 Å². The van der Waals surface area contributed by atoms with Gasteiger partial charge in [0.15, 0.2) is 0 Å². The lowest BCUT2D eigenvalue weighted by molar-refractivity contribution is 0.247. The van der Waals surface area contributed by atoms with Gasteiger partial charge in [-0.3, -0.25) is 0 Å². The maximum atomic E-state index is 9.83. The Morgan fingerprint density at radius 3 is 1.27 bits per heavy atom. The fourth-order valence-electron chi connectivity index (χ4n) is 7.22. The molecule has 0 fully saturated rings. The van der Waals surface area contributed by atoms with E-state index in [0.717, 1.165) is 33.8 Å². The van der Waals surface area contributed by atoms with Gasteiger partial charge in [0.25, 0.3) is 0 Å². The van der Waals surface area contributed by atoms with Gasteiger partial charge in [-0.05, 0) is 77.7 Å². The summed E-state index contributed by atoms with van der Waals surface area (Å²) < 4.78 is 17.2. The first-order chi connectivity index (χ1) is 24.8. The molecule has 0 saturated heterocycles. The smallest absolute Gasteiger partial charge is 0.126 e. The number of ether oxygens (including phenoxy) is 3. The van der Waals surface area contributed by atoms with E-state index in [1.54, 1.807) is 55.6 Å². The van der Waals surface area contributed by atoms with Crippen molar-refractivity contribution in [3.63, 3.8) is 0 Å². The lowest BCUT2D eigenvalue weighted by atomic mass is 9.76. The number of phenolic OH excluding ortho intramolecular Hbond substituents is 4. The van der Waals surface area contributed by atoms with Crippen molar-refractivity contribution in [3.05, 3.63) is 172 Å². The van der Waals surface area contributed by atoms with E-state index in [1.807, 2.05) is 48.5 Å². The van der Waals surface area contributed by atoms with Crippen molar-refractivity contribution < 1.29 is 34.6 Å². The van der Waals surface area contributed by atoms with Crippen molar-refractivity contribution in [3.8, 4) is 40.2 Å². The van der Waals surface area contributed by atoms with Gasteiger partial charge in [-0.25, -0.2) is 0 Å². The van der Waals surface area contributed by atoms with Crippen molar-refractivity contribution in [1.82, 2.24) is 0 Å². The number of aromatic hydroxyl groups is 4. The van der Waals surface area contributed by atoms with Crippen LogP contribution in [-0.4, -0.2) is 40.7 Å². The summed E-state index contributed by atoms with van der Waals surface area (Å²) >= 11 is 0. The molecule has 6 aromatic carbocycles. The summed E-state index contributed by atoms with van der Waals surface area (Å²) in [6.07, 6.45) is 0. The average molecular weight is 697 g/mol.